The van der Waals surface area contributed by atoms with Gasteiger partial charge in [-0.25, -0.2) is 0 Å². The van der Waals surface area contributed by atoms with Crippen molar-refractivity contribution < 1.29 is 4.79 Å². The Morgan fingerprint density at radius 2 is 2.09 bits per heavy atom. The fourth-order valence-corrected chi connectivity index (χ4v) is 1.52. The zero-order valence-electron chi connectivity index (χ0n) is 6.81. The highest BCUT2D eigenvalue weighted by molar-refractivity contribution is 5.49. The van der Waals surface area contributed by atoms with Crippen LogP contribution in [0.4, 0.5) is 0 Å². The third kappa shape index (κ3) is 2.60. The number of piperidine rings is 1. The third-order valence-corrected chi connectivity index (χ3v) is 2.36. The number of rotatable bonds is 3. The molecule has 11 heavy (non-hydrogen) atoms. The summed E-state index contributed by atoms with van der Waals surface area (Å²) in [5.41, 5.74) is 5.98. The molecule has 0 bridgehead atoms. The van der Waals surface area contributed by atoms with Crippen molar-refractivity contribution >= 4 is 6.29 Å². The number of hydrogen-bond acceptors (Lipinski definition) is 3. The summed E-state index contributed by atoms with van der Waals surface area (Å²) in [5, 5.41) is 3.25. The van der Waals surface area contributed by atoms with Crippen molar-refractivity contribution in [3.63, 3.8) is 0 Å². The van der Waals surface area contributed by atoms with Crippen LogP contribution >= 0.6 is 0 Å². The van der Waals surface area contributed by atoms with E-state index in [1.54, 1.807) is 0 Å². The summed E-state index contributed by atoms with van der Waals surface area (Å²) >= 11 is 0. The van der Waals surface area contributed by atoms with Crippen LogP contribution in [0.3, 0.4) is 0 Å². The van der Waals surface area contributed by atoms with Crippen LogP contribution in [0.15, 0.2) is 0 Å². The fourth-order valence-electron chi connectivity index (χ4n) is 1.52. The molecule has 0 aromatic heterocycles. The molecule has 1 fully saturated rings. The number of nitrogens with two attached hydrogens (primary N) is 1. The standard InChI is InChI=1S/C8H16N2O/c9-8(2-1-7-11)3-5-10-6-4-8/h7,10H,1-6,9H2. The minimum absolute atomic E-state index is 0.0633. The smallest absolute Gasteiger partial charge is 0.120 e. The summed E-state index contributed by atoms with van der Waals surface area (Å²) < 4.78 is 0. The summed E-state index contributed by atoms with van der Waals surface area (Å²) in [5.74, 6) is 0. The fraction of sp³-hybridized carbons (Fsp3) is 0.875. The van der Waals surface area contributed by atoms with Crippen LogP contribution in [0.5, 0.6) is 0 Å². The van der Waals surface area contributed by atoms with E-state index >= 15 is 0 Å². The maximum atomic E-state index is 10.1. The molecule has 3 N–H and O–H groups in total. The second kappa shape index (κ2) is 3.83. The number of aldehydes is 1. The average molecular weight is 156 g/mol. The molecule has 1 heterocycles. The Balaban J connectivity index is 2.30. The van der Waals surface area contributed by atoms with E-state index in [9.17, 15) is 4.79 Å². The maximum Gasteiger partial charge on any atom is 0.120 e. The van der Waals surface area contributed by atoms with Crippen LogP contribution in [0, 0.1) is 0 Å². The van der Waals surface area contributed by atoms with Gasteiger partial charge in [0.05, 0.1) is 0 Å². The van der Waals surface area contributed by atoms with Gasteiger partial charge in [0.25, 0.3) is 0 Å². The van der Waals surface area contributed by atoms with Gasteiger partial charge in [0.2, 0.25) is 0 Å². The topological polar surface area (TPSA) is 55.1 Å². The first kappa shape index (κ1) is 8.68. The summed E-state index contributed by atoms with van der Waals surface area (Å²) in [6.07, 6.45) is 4.41. The van der Waals surface area contributed by atoms with E-state index in [1.165, 1.54) is 0 Å². The zero-order chi connectivity index (χ0) is 8.16. The molecule has 0 aromatic carbocycles. The molecule has 64 valence electrons. The molecule has 0 unspecified atom stereocenters. The van der Waals surface area contributed by atoms with E-state index in [0.717, 1.165) is 38.6 Å². The molecule has 3 heteroatoms. The molecular formula is C8H16N2O. The molecule has 3 nitrogen and oxygen atoms in total. The van der Waals surface area contributed by atoms with Gasteiger partial charge in [0.1, 0.15) is 6.29 Å². The van der Waals surface area contributed by atoms with Crippen LogP contribution in [-0.4, -0.2) is 24.9 Å². The largest absolute Gasteiger partial charge is 0.325 e. The lowest BCUT2D eigenvalue weighted by atomic mass is 9.85. The first-order valence-corrected chi connectivity index (χ1v) is 4.20. The van der Waals surface area contributed by atoms with Crippen LogP contribution in [-0.2, 0) is 4.79 Å². The van der Waals surface area contributed by atoms with Crippen molar-refractivity contribution in [1.29, 1.82) is 0 Å². The maximum absolute atomic E-state index is 10.1. The Labute approximate surface area is 67.3 Å². The Morgan fingerprint density at radius 1 is 1.45 bits per heavy atom. The van der Waals surface area contributed by atoms with Gasteiger partial charge in [0, 0.05) is 12.0 Å². The second-order valence-electron chi connectivity index (χ2n) is 3.32. The zero-order valence-corrected chi connectivity index (χ0v) is 6.81. The normalized spacial score (nSPS) is 23.0. The van der Waals surface area contributed by atoms with Crippen molar-refractivity contribution in [3.8, 4) is 0 Å². The average Bonchev–Trinajstić information content (AvgIpc) is 2.03. The van der Waals surface area contributed by atoms with Crippen LogP contribution < -0.4 is 11.1 Å². The van der Waals surface area contributed by atoms with Gasteiger partial charge in [-0.05, 0) is 32.4 Å². The molecule has 0 aliphatic carbocycles. The highest BCUT2D eigenvalue weighted by Crippen LogP contribution is 2.19. The summed E-state index contributed by atoms with van der Waals surface area (Å²) in [6, 6.07) is 0. The van der Waals surface area contributed by atoms with Crippen molar-refractivity contribution in [2.75, 3.05) is 13.1 Å². The lowest BCUT2D eigenvalue weighted by Gasteiger charge is -2.33. The van der Waals surface area contributed by atoms with Gasteiger partial charge < -0.3 is 15.8 Å². The van der Waals surface area contributed by atoms with Gasteiger partial charge in [-0.2, -0.15) is 0 Å². The van der Waals surface area contributed by atoms with Crippen molar-refractivity contribution in [2.24, 2.45) is 5.73 Å². The minimum Gasteiger partial charge on any atom is -0.325 e. The van der Waals surface area contributed by atoms with E-state index in [2.05, 4.69) is 5.32 Å². The molecule has 0 amide bonds. The number of nitrogens with one attached hydrogen (secondary N) is 1. The molecule has 1 aliphatic rings. The molecule has 0 atom stereocenters. The number of carbonyl (C=O) groups is 1. The van der Waals surface area contributed by atoms with Gasteiger partial charge in [-0.1, -0.05) is 0 Å². The molecule has 0 aromatic rings. The molecule has 0 saturated carbocycles. The molecular weight excluding hydrogens is 140 g/mol. The Kier molecular flexibility index (Phi) is 3.02. The quantitative estimate of drug-likeness (QED) is 0.567. The van der Waals surface area contributed by atoms with Crippen molar-refractivity contribution in [2.45, 2.75) is 31.2 Å². The molecule has 1 saturated heterocycles. The van der Waals surface area contributed by atoms with Gasteiger partial charge >= 0.3 is 0 Å². The van der Waals surface area contributed by atoms with E-state index in [0.29, 0.717) is 6.42 Å². The van der Waals surface area contributed by atoms with E-state index in [1.807, 2.05) is 0 Å². The van der Waals surface area contributed by atoms with Gasteiger partial charge in [-0.3, -0.25) is 0 Å². The molecule has 0 spiro atoms. The van der Waals surface area contributed by atoms with E-state index in [-0.39, 0.29) is 5.54 Å². The van der Waals surface area contributed by atoms with Gasteiger partial charge in [0.15, 0.2) is 0 Å². The lowest BCUT2D eigenvalue weighted by Crippen LogP contribution is -2.48. The van der Waals surface area contributed by atoms with Crippen molar-refractivity contribution in [1.82, 2.24) is 5.32 Å². The van der Waals surface area contributed by atoms with Crippen LogP contribution in [0.25, 0.3) is 0 Å². The van der Waals surface area contributed by atoms with Crippen LogP contribution in [0.1, 0.15) is 25.7 Å². The first-order chi connectivity index (χ1) is 5.27. The second-order valence-corrected chi connectivity index (χ2v) is 3.32. The first-order valence-electron chi connectivity index (χ1n) is 4.20. The van der Waals surface area contributed by atoms with E-state index in [4.69, 9.17) is 5.73 Å². The Hall–Kier alpha value is -0.410. The SMILES string of the molecule is NC1(CCC=O)CCNCC1. The molecule has 1 aliphatic heterocycles. The summed E-state index contributed by atoms with van der Waals surface area (Å²) in [7, 11) is 0. The Bertz CT molecular complexity index is 130. The van der Waals surface area contributed by atoms with Crippen molar-refractivity contribution in [3.05, 3.63) is 0 Å². The molecule has 0 radical (unpaired) electrons. The third-order valence-electron chi connectivity index (χ3n) is 2.36. The molecule has 1 rings (SSSR count). The van der Waals surface area contributed by atoms with Crippen LogP contribution in [0.2, 0.25) is 0 Å². The minimum atomic E-state index is -0.0633. The highest BCUT2D eigenvalue weighted by Gasteiger charge is 2.26. The number of hydrogen-bond donors (Lipinski definition) is 2. The lowest BCUT2D eigenvalue weighted by molar-refractivity contribution is -0.108. The number of carbonyl (C=O) groups excluding carboxylic acids is 1. The Morgan fingerprint density at radius 3 is 2.64 bits per heavy atom. The predicted molar refractivity (Wildman–Crippen MR) is 44.3 cm³/mol. The highest BCUT2D eigenvalue weighted by atomic mass is 16.1. The summed E-state index contributed by atoms with van der Waals surface area (Å²) in [6.45, 7) is 1.99. The van der Waals surface area contributed by atoms with E-state index < -0.39 is 0 Å². The summed E-state index contributed by atoms with van der Waals surface area (Å²) in [4.78, 5) is 10.1. The monoisotopic (exact) mass is 156 g/mol. The van der Waals surface area contributed by atoms with Gasteiger partial charge in [-0.15, -0.1) is 0 Å². The predicted octanol–water partition coefficient (Wildman–Crippen LogP) is 0.0464.